The summed E-state index contributed by atoms with van der Waals surface area (Å²) < 4.78 is 19.4. The average molecular weight is 294 g/mol. The van der Waals surface area contributed by atoms with Crippen LogP contribution in [-0.2, 0) is 19.1 Å². The van der Waals surface area contributed by atoms with Crippen molar-refractivity contribution in [1.82, 2.24) is 0 Å². The third-order valence-electron chi connectivity index (χ3n) is 3.06. The van der Waals surface area contributed by atoms with E-state index in [1.54, 1.807) is 6.07 Å². The van der Waals surface area contributed by atoms with E-state index < -0.39 is 23.6 Å². The number of carbonyl (C=O) groups excluding carboxylic acids is 3. The lowest BCUT2D eigenvalue weighted by Gasteiger charge is -2.12. The maximum Gasteiger partial charge on any atom is 0.317 e. The van der Waals surface area contributed by atoms with Gasteiger partial charge in [0, 0.05) is 5.56 Å². The van der Waals surface area contributed by atoms with Crippen molar-refractivity contribution in [2.45, 2.75) is 6.42 Å². The first-order valence-corrected chi connectivity index (χ1v) is 6.15. The van der Waals surface area contributed by atoms with Gasteiger partial charge in [-0.05, 0) is 18.2 Å². The molecule has 21 heavy (non-hydrogen) atoms. The molecular weight excluding hydrogens is 280 g/mol. The van der Waals surface area contributed by atoms with Crippen molar-refractivity contribution >= 4 is 17.7 Å². The van der Waals surface area contributed by atoms with Gasteiger partial charge < -0.3 is 18.9 Å². The van der Waals surface area contributed by atoms with Gasteiger partial charge in [0.05, 0.1) is 20.6 Å². The first-order chi connectivity index (χ1) is 10.1. The number of ether oxygens (including phenoxy) is 4. The molecule has 0 radical (unpaired) electrons. The van der Waals surface area contributed by atoms with Crippen molar-refractivity contribution in [1.29, 1.82) is 0 Å². The molecule has 1 unspecified atom stereocenters. The largest absolute Gasteiger partial charge is 0.469 e. The van der Waals surface area contributed by atoms with E-state index in [-0.39, 0.29) is 18.8 Å². The van der Waals surface area contributed by atoms with Gasteiger partial charge in [-0.2, -0.15) is 0 Å². The Balaban J connectivity index is 2.25. The van der Waals surface area contributed by atoms with Crippen molar-refractivity contribution in [3.63, 3.8) is 0 Å². The van der Waals surface area contributed by atoms with Gasteiger partial charge in [0.15, 0.2) is 17.3 Å². The molecule has 7 heteroatoms. The van der Waals surface area contributed by atoms with Crippen LogP contribution in [0.3, 0.4) is 0 Å². The predicted molar refractivity (Wildman–Crippen MR) is 69.0 cm³/mol. The van der Waals surface area contributed by atoms with E-state index in [0.29, 0.717) is 11.5 Å². The highest BCUT2D eigenvalue weighted by Crippen LogP contribution is 2.33. The summed E-state index contributed by atoms with van der Waals surface area (Å²) >= 11 is 0. The van der Waals surface area contributed by atoms with Crippen LogP contribution in [0.2, 0.25) is 0 Å². The molecule has 0 bridgehead atoms. The van der Waals surface area contributed by atoms with Gasteiger partial charge in [0.25, 0.3) is 0 Å². The molecule has 1 aromatic rings. The number of hydrogen-bond donors (Lipinski definition) is 0. The summed E-state index contributed by atoms with van der Waals surface area (Å²) in [5, 5.41) is 0. The van der Waals surface area contributed by atoms with Gasteiger partial charge in [-0.3, -0.25) is 14.4 Å². The maximum absolute atomic E-state index is 12.4. The predicted octanol–water partition coefficient (Wildman–Crippen LogP) is 0.950. The summed E-state index contributed by atoms with van der Waals surface area (Å²) in [6, 6.07) is 4.54. The second-order valence-corrected chi connectivity index (χ2v) is 4.29. The molecule has 7 nitrogen and oxygen atoms in total. The standard InChI is InChI=1S/C14H14O7/c1-18-12(15)6-9(14(17)19-2)13(16)8-3-4-10-11(5-8)21-7-20-10/h3-5,9H,6-7H2,1-2H3. The van der Waals surface area contributed by atoms with Crippen LogP contribution >= 0.6 is 0 Å². The molecule has 0 N–H and O–H groups in total. The number of ketones is 1. The molecule has 1 atom stereocenters. The highest BCUT2D eigenvalue weighted by molar-refractivity contribution is 6.10. The van der Waals surface area contributed by atoms with Crippen molar-refractivity contribution < 1.29 is 33.3 Å². The van der Waals surface area contributed by atoms with E-state index in [1.165, 1.54) is 19.2 Å². The number of benzene rings is 1. The van der Waals surface area contributed by atoms with Crippen LogP contribution in [0.1, 0.15) is 16.8 Å². The highest BCUT2D eigenvalue weighted by Gasteiger charge is 2.32. The quantitative estimate of drug-likeness (QED) is 0.454. The smallest absolute Gasteiger partial charge is 0.317 e. The molecule has 1 heterocycles. The molecule has 0 fully saturated rings. The molecule has 0 aromatic heterocycles. The van der Waals surface area contributed by atoms with Crippen LogP contribution < -0.4 is 9.47 Å². The molecule has 112 valence electrons. The second kappa shape index (κ2) is 6.25. The molecule has 2 rings (SSSR count). The number of esters is 2. The topological polar surface area (TPSA) is 88.1 Å². The lowest BCUT2D eigenvalue weighted by atomic mass is 9.94. The van der Waals surface area contributed by atoms with Gasteiger partial charge >= 0.3 is 11.9 Å². The van der Waals surface area contributed by atoms with Crippen LogP contribution in [0.4, 0.5) is 0 Å². The van der Waals surface area contributed by atoms with E-state index in [0.717, 1.165) is 7.11 Å². The molecule has 0 aliphatic carbocycles. The van der Waals surface area contributed by atoms with Gasteiger partial charge in [-0.1, -0.05) is 0 Å². The van der Waals surface area contributed by atoms with E-state index in [9.17, 15) is 14.4 Å². The Morgan fingerprint density at radius 3 is 2.52 bits per heavy atom. The van der Waals surface area contributed by atoms with E-state index >= 15 is 0 Å². The van der Waals surface area contributed by atoms with Crippen LogP contribution in [0.25, 0.3) is 0 Å². The zero-order valence-electron chi connectivity index (χ0n) is 11.6. The van der Waals surface area contributed by atoms with Gasteiger partial charge in [0.2, 0.25) is 6.79 Å². The monoisotopic (exact) mass is 294 g/mol. The Bertz CT molecular complexity index is 579. The molecule has 0 spiro atoms. The summed E-state index contributed by atoms with van der Waals surface area (Å²) in [4.78, 5) is 35.4. The van der Waals surface area contributed by atoms with Crippen molar-refractivity contribution in [3.05, 3.63) is 23.8 Å². The van der Waals surface area contributed by atoms with E-state index in [4.69, 9.17) is 9.47 Å². The lowest BCUT2D eigenvalue weighted by Crippen LogP contribution is -2.28. The molecule has 1 aliphatic heterocycles. The van der Waals surface area contributed by atoms with E-state index in [1.807, 2.05) is 0 Å². The molecule has 1 aromatic carbocycles. The molecule has 1 aliphatic rings. The average Bonchev–Trinajstić information content (AvgIpc) is 2.98. The third kappa shape index (κ3) is 3.13. The Morgan fingerprint density at radius 2 is 1.86 bits per heavy atom. The number of rotatable bonds is 5. The number of methoxy groups -OCH3 is 2. The normalized spacial score (nSPS) is 13.4. The molecular formula is C14H14O7. The first kappa shape index (κ1) is 14.8. The fourth-order valence-electron chi connectivity index (χ4n) is 1.93. The van der Waals surface area contributed by atoms with Gasteiger partial charge in [-0.25, -0.2) is 0 Å². The summed E-state index contributed by atoms with van der Waals surface area (Å²) in [7, 11) is 2.33. The van der Waals surface area contributed by atoms with Crippen molar-refractivity contribution in [2.24, 2.45) is 5.92 Å². The number of carbonyl (C=O) groups is 3. The number of hydrogen-bond acceptors (Lipinski definition) is 7. The van der Waals surface area contributed by atoms with Crippen molar-refractivity contribution in [3.8, 4) is 11.5 Å². The molecule has 0 amide bonds. The van der Waals surface area contributed by atoms with Crippen LogP contribution in [0.5, 0.6) is 11.5 Å². The number of fused-ring (bicyclic) bond motifs is 1. The Kier molecular flexibility index (Phi) is 4.42. The zero-order valence-corrected chi connectivity index (χ0v) is 11.6. The third-order valence-corrected chi connectivity index (χ3v) is 3.06. The molecule has 0 saturated heterocycles. The summed E-state index contributed by atoms with van der Waals surface area (Å²) in [6.45, 7) is 0.0789. The second-order valence-electron chi connectivity index (χ2n) is 4.29. The van der Waals surface area contributed by atoms with Gasteiger partial charge in [0.1, 0.15) is 5.92 Å². The summed E-state index contributed by atoms with van der Waals surface area (Å²) in [5.74, 6) is -2.30. The number of Topliss-reactive ketones (excluding diaryl/α,β-unsaturated/α-hetero) is 1. The van der Waals surface area contributed by atoms with Crippen LogP contribution in [-0.4, -0.2) is 38.7 Å². The van der Waals surface area contributed by atoms with E-state index in [2.05, 4.69) is 9.47 Å². The minimum Gasteiger partial charge on any atom is -0.469 e. The van der Waals surface area contributed by atoms with Crippen LogP contribution in [0.15, 0.2) is 18.2 Å². The summed E-state index contributed by atoms with van der Waals surface area (Å²) in [5.41, 5.74) is 0.235. The Labute approximate surface area is 120 Å². The van der Waals surface area contributed by atoms with Crippen molar-refractivity contribution in [2.75, 3.05) is 21.0 Å². The fraction of sp³-hybridized carbons (Fsp3) is 0.357. The van der Waals surface area contributed by atoms with Gasteiger partial charge in [-0.15, -0.1) is 0 Å². The first-order valence-electron chi connectivity index (χ1n) is 6.15. The molecule has 0 saturated carbocycles. The lowest BCUT2D eigenvalue weighted by molar-refractivity contribution is -0.150. The minimum atomic E-state index is -1.25. The Hall–Kier alpha value is -2.57. The minimum absolute atomic E-state index is 0.0789. The highest BCUT2D eigenvalue weighted by atomic mass is 16.7. The SMILES string of the molecule is COC(=O)CC(C(=O)OC)C(=O)c1ccc2c(c1)OCO2. The maximum atomic E-state index is 12.4. The summed E-state index contributed by atoms with van der Waals surface area (Å²) in [6.07, 6.45) is -0.379. The van der Waals surface area contributed by atoms with Crippen LogP contribution in [0, 0.1) is 5.92 Å². The zero-order chi connectivity index (χ0) is 15.4. The Morgan fingerprint density at radius 1 is 1.14 bits per heavy atom. The fourth-order valence-corrected chi connectivity index (χ4v) is 1.93.